The molecule has 0 spiro atoms. The molecule has 4 aromatic rings. The van der Waals surface area contributed by atoms with Gasteiger partial charge in [-0.1, -0.05) is 17.3 Å². The average molecular weight is 388 g/mol. The lowest BCUT2D eigenvalue weighted by Gasteiger charge is -2.30. The van der Waals surface area contributed by atoms with Gasteiger partial charge >= 0.3 is 0 Å². The molecule has 8 nitrogen and oxygen atoms in total. The number of nitrogens with zero attached hydrogens (tertiary/aromatic N) is 6. The van der Waals surface area contributed by atoms with Crippen LogP contribution in [0.15, 0.2) is 59.5 Å². The first-order valence-electron chi connectivity index (χ1n) is 9.72. The highest BCUT2D eigenvalue weighted by atomic mass is 16.5. The Balaban J connectivity index is 1.30. The Labute approximate surface area is 167 Å². The van der Waals surface area contributed by atoms with Gasteiger partial charge in [0.05, 0.1) is 5.92 Å². The molecule has 0 aromatic carbocycles. The summed E-state index contributed by atoms with van der Waals surface area (Å²) >= 11 is 0. The molecule has 0 saturated carbocycles. The molecule has 1 unspecified atom stereocenters. The van der Waals surface area contributed by atoms with Crippen LogP contribution in [0.4, 0.5) is 0 Å². The molecule has 1 fully saturated rings. The molecule has 0 aliphatic carbocycles. The summed E-state index contributed by atoms with van der Waals surface area (Å²) < 4.78 is 7.46. The predicted octanol–water partition coefficient (Wildman–Crippen LogP) is 2.73. The zero-order valence-electron chi connectivity index (χ0n) is 15.8. The van der Waals surface area contributed by atoms with Gasteiger partial charge in [0.25, 0.3) is 0 Å². The molecule has 146 valence electrons. The van der Waals surface area contributed by atoms with E-state index in [0.717, 1.165) is 17.8 Å². The smallest absolute Gasteiger partial charge is 0.231 e. The number of carbonyl (C=O) groups excluding carboxylic acids is 1. The second kappa shape index (κ2) is 7.46. The Morgan fingerprint density at radius 3 is 2.93 bits per heavy atom. The van der Waals surface area contributed by atoms with Crippen LogP contribution in [0.25, 0.3) is 17.2 Å². The van der Waals surface area contributed by atoms with Gasteiger partial charge in [0.15, 0.2) is 0 Å². The van der Waals surface area contributed by atoms with Crippen LogP contribution in [0, 0.1) is 0 Å². The van der Waals surface area contributed by atoms with Crippen LogP contribution in [0.1, 0.15) is 30.3 Å². The zero-order valence-corrected chi connectivity index (χ0v) is 15.8. The number of hydrogen-bond donors (Lipinski definition) is 0. The number of imidazole rings is 1. The van der Waals surface area contributed by atoms with Crippen molar-refractivity contribution < 1.29 is 9.32 Å². The molecule has 8 heteroatoms. The van der Waals surface area contributed by atoms with Gasteiger partial charge in [0.1, 0.15) is 11.3 Å². The molecule has 1 saturated heterocycles. The Hall–Kier alpha value is -3.55. The second-order valence-corrected chi connectivity index (χ2v) is 7.19. The molecule has 1 amide bonds. The molecule has 1 atom stereocenters. The van der Waals surface area contributed by atoms with Gasteiger partial charge in [-0.3, -0.25) is 9.78 Å². The molecule has 0 bridgehead atoms. The number of amides is 1. The lowest BCUT2D eigenvalue weighted by Crippen LogP contribution is -2.40. The van der Waals surface area contributed by atoms with E-state index >= 15 is 0 Å². The minimum atomic E-state index is 0.0368. The van der Waals surface area contributed by atoms with Crippen molar-refractivity contribution >= 4 is 11.6 Å². The van der Waals surface area contributed by atoms with Crippen molar-refractivity contribution in [2.45, 2.75) is 25.2 Å². The summed E-state index contributed by atoms with van der Waals surface area (Å²) in [5, 5.41) is 4.12. The van der Waals surface area contributed by atoms with Crippen LogP contribution in [0.3, 0.4) is 0 Å². The third-order valence-electron chi connectivity index (χ3n) is 5.25. The van der Waals surface area contributed by atoms with Crippen molar-refractivity contribution in [1.29, 1.82) is 0 Å². The molecule has 0 N–H and O–H groups in total. The highest BCUT2D eigenvalue weighted by Crippen LogP contribution is 2.28. The van der Waals surface area contributed by atoms with Crippen LogP contribution in [0.5, 0.6) is 0 Å². The van der Waals surface area contributed by atoms with Gasteiger partial charge in [-0.15, -0.1) is 0 Å². The maximum atomic E-state index is 12.3. The van der Waals surface area contributed by atoms with Crippen molar-refractivity contribution in [3.63, 3.8) is 0 Å². The minimum absolute atomic E-state index is 0.0368. The first-order chi connectivity index (χ1) is 14.3. The Morgan fingerprint density at radius 1 is 1.14 bits per heavy atom. The number of carbonyl (C=O) groups is 1. The Kier molecular flexibility index (Phi) is 4.51. The monoisotopic (exact) mass is 388 g/mol. The Bertz CT molecular complexity index is 1100. The maximum Gasteiger partial charge on any atom is 0.231 e. The van der Waals surface area contributed by atoms with E-state index in [9.17, 15) is 4.79 Å². The fraction of sp³-hybridized carbons (Fsp3) is 0.286. The van der Waals surface area contributed by atoms with Gasteiger partial charge < -0.3 is 13.8 Å². The Morgan fingerprint density at radius 2 is 2.07 bits per heavy atom. The SMILES string of the molecule is O=C1CCC(c2nc(-c3cn4ccccc4n3)no2)CN1CCc1ccccn1. The third-order valence-corrected chi connectivity index (χ3v) is 5.25. The van der Waals surface area contributed by atoms with E-state index in [-0.39, 0.29) is 11.8 Å². The topological polar surface area (TPSA) is 89.4 Å². The summed E-state index contributed by atoms with van der Waals surface area (Å²) in [5.74, 6) is 1.24. The second-order valence-electron chi connectivity index (χ2n) is 7.19. The van der Waals surface area contributed by atoms with Crippen LogP contribution >= 0.6 is 0 Å². The van der Waals surface area contributed by atoms with E-state index in [4.69, 9.17) is 4.52 Å². The normalized spacial score (nSPS) is 17.2. The fourth-order valence-corrected chi connectivity index (χ4v) is 3.68. The van der Waals surface area contributed by atoms with Gasteiger partial charge in [0, 0.05) is 50.2 Å². The first-order valence-corrected chi connectivity index (χ1v) is 9.72. The van der Waals surface area contributed by atoms with Crippen molar-refractivity contribution in [2.24, 2.45) is 0 Å². The summed E-state index contributed by atoms with van der Waals surface area (Å²) in [6, 6.07) is 11.6. The van der Waals surface area contributed by atoms with Gasteiger partial charge in [-0.2, -0.15) is 4.98 Å². The van der Waals surface area contributed by atoms with Gasteiger partial charge in [0.2, 0.25) is 17.6 Å². The number of aromatic nitrogens is 5. The highest BCUT2D eigenvalue weighted by Gasteiger charge is 2.30. The molecular formula is C21H20N6O2. The van der Waals surface area contributed by atoms with E-state index < -0.39 is 0 Å². The largest absolute Gasteiger partial charge is 0.342 e. The highest BCUT2D eigenvalue weighted by molar-refractivity contribution is 5.77. The number of likely N-dealkylation sites (tertiary alicyclic amines) is 1. The molecule has 4 aromatic heterocycles. The molecule has 1 aliphatic rings. The van der Waals surface area contributed by atoms with Crippen LogP contribution in [-0.4, -0.2) is 48.4 Å². The molecule has 1 aliphatic heterocycles. The summed E-state index contributed by atoms with van der Waals surface area (Å²) in [6.45, 7) is 1.22. The van der Waals surface area contributed by atoms with Crippen LogP contribution in [0.2, 0.25) is 0 Å². The molecule has 29 heavy (non-hydrogen) atoms. The van der Waals surface area contributed by atoms with Crippen LogP contribution < -0.4 is 0 Å². The summed E-state index contributed by atoms with van der Waals surface area (Å²) in [5.41, 5.74) is 2.48. The lowest BCUT2D eigenvalue weighted by atomic mass is 9.97. The standard InChI is InChI=1S/C21H20N6O2/c28-19-8-7-15(13-27(19)12-9-16-5-1-3-10-22-16)21-24-20(25-29-21)17-14-26-11-4-2-6-18(26)23-17/h1-6,10-11,14-15H,7-9,12-13H2. The summed E-state index contributed by atoms with van der Waals surface area (Å²) in [6.07, 6.45) is 7.52. The van der Waals surface area contributed by atoms with E-state index in [2.05, 4.69) is 20.1 Å². The predicted molar refractivity (Wildman–Crippen MR) is 105 cm³/mol. The van der Waals surface area contributed by atoms with Gasteiger partial charge in [-0.05, 0) is 30.7 Å². The van der Waals surface area contributed by atoms with Crippen molar-refractivity contribution in [3.05, 3.63) is 66.6 Å². The molecular weight excluding hydrogens is 368 g/mol. The third kappa shape index (κ3) is 3.61. The minimum Gasteiger partial charge on any atom is -0.342 e. The average Bonchev–Trinajstić information content (AvgIpc) is 3.41. The number of fused-ring (bicyclic) bond motifs is 1. The summed E-state index contributed by atoms with van der Waals surface area (Å²) in [7, 11) is 0. The van der Waals surface area contributed by atoms with Crippen molar-refractivity contribution in [3.8, 4) is 11.5 Å². The van der Waals surface area contributed by atoms with E-state index in [1.165, 1.54) is 0 Å². The van der Waals surface area contributed by atoms with Gasteiger partial charge in [-0.25, -0.2) is 4.98 Å². The number of hydrogen-bond acceptors (Lipinski definition) is 6. The molecule has 5 rings (SSSR count). The zero-order chi connectivity index (χ0) is 19.6. The lowest BCUT2D eigenvalue weighted by molar-refractivity contribution is -0.133. The number of rotatable bonds is 5. The van der Waals surface area contributed by atoms with E-state index in [1.807, 2.05) is 58.1 Å². The number of piperidine rings is 1. The van der Waals surface area contributed by atoms with Crippen molar-refractivity contribution in [2.75, 3.05) is 13.1 Å². The van der Waals surface area contributed by atoms with Crippen LogP contribution in [-0.2, 0) is 11.2 Å². The van der Waals surface area contributed by atoms with Crippen molar-refractivity contribution in [1.82, 2.24) is 29.4 Å². The summed E-state index contributed by atoms with van der Waals surface area (Å²) in [4.78, 5) is 27.7. The number of pyridine rings is 2. The van der Waals surface area contributed by atoms with E-state index in [1.54, 1.807) is 6.20 Å². The fourth-order valence-electron chi connectivity index (χ4n) is 3.68. The molecule has 5 heterocycles. The molecule has 0 radical (unpaired) electrons. The first kappa shape index (κ1) is 17.5. The van der Waals surface area contributed by atoms with E-state index in [0.29, 0.717) is 43.3 Å². The quantitative estimate of drug-likeness (QED) is 0.522. The maximum absolute atomic E-state index is 12.3.